The molecule has 0 aromatic carbocycles. The lowest BCUT2D eigenvalue weighted by atomic mass is 10.1. The molecule has 0 heterocycles. The number of ether oxygens (including phenoxy) is 1. The molecule has 1 rings (SSSR count). The van der Waals surface area contributed by atoms with Gasteiger partial charge in [-0.05, 0) is 38.5 Å². The second-order valence-corrected chi connectivity index (χ2v) is 5.16. The molecule has 0 saturated heterocycles. The Morgan fingerprint density at radius 2 is 1.83 bits per heavy atom. The van der Waals surface area contributed by atoms with E-state index in [0.717, 1.165) is 5.92 Å². The molecular weight excluding hydrogens is 224 g/mol. The van der Waals surface area contributed by atoms with Crippen LogP contribution in [0.1, 0.15) is 71.6 Å². The van der Waals surface area contributed by atoms with Gasteiger partial charge in [-0.3, -0.25) is 0 Å². The fraction of sp³-hybridized carbons (Fsp3) is 0.875. The van der Waals surface area contributed by atoms with E-state index in [1.807, 2.05) is 0 Å². The summed E-state index contributed by atoms with van der Waals surface area (Å²) in [5.41, 5.74) is 0. The van der Waals surface area contributed by atoms with E-state index >= 15 is 0 Å². The number of aliphatic hydroxyl groups is 1. The Morgan fingerprint density at radius 3 is 2.33 bits per heavy atom. The Morgan fingerprint density at radius 1 is 1.22 bits per heavy atom. The highest BCUT2D eigenvalue weighted by Gasteiger charge is 2.10. The fourth-order valence-corrected chi connectivity index (χ4v) is 2.13. The van der Waals surface area contributed by atoms with Gasteiger partial charge in [0.15, 0.2) is 6.29 Å². The molecule has 0 aromatic heterocycles. The molecule has 0 bridgehead atoms. The maximum atomic E-state index is 8.14. The Hall–Kier alpha value is -0.340. The summed E-state index contributed by atoms with van der Waals surface area (Å²) in [7, 11) is 1.45. The van der Waals surface area contributed by atoms with Crippen LogP contribution in [-0.4, -0.2) is 18.5 Å². The van der Waals surface area contributed by atoms with Crippen molar-refractivity contribution in [1.82, 2.24) is 0 Å². The number of hydrogen-bond donors (Lipinski definition) is 1. The van der Waals surface area contributed by atoms with Gasteiger partial charge in [0, 0.05) is 7.11 Å². The van der Waals surface area contributed by atoms with Crippen LogP contribution in [0.5, 0.6) is 0 Å². The van der Waals surface area contributed by atoms with Crippen LogP contribution >= 0.6 is 0 Å². The zero-order valence-corrected chi connectivity index (χ0v) is 12.5. The van der Waals surface area contributed by atoms with Gasteiger partial charge in [0.25, 0.3) is 0 Å². The van der Waals surface area contributed by atoms with E-state index in [1.165, 1.54) is 64.9 Å². The zero-order chi connectivity index (χ0) is 13.6. The summed E-state index contributed by atoms with van der Waals surface area (Å²) in [6, 6.07) is 0. The first-order chi connectivity index (χ1) is 8.70. The average molecular weight is 256 g/mol. The van der Waals surface area contributed by atoms with Crippen molar-refractivity contribution in [1.29, 1.82) is 0 Å². The van der Waals surface area contributed by atoms with Gasteiger partial charge in [-0.2, -0.15) is 0 Å². The highest BCUT2D eigenvalue weighted by atomic mass is 16.6. The van der Waals surface area contributed by atoms with Crippen molar-refractivity contribution in [3.63, 3.8) is 0 Å². The van der Waals surface area contributed by atoms with Gasteiger partial charge in [0.05, 0.1) is 0 Å². The number of hydrogen-bond acceptors (Lipinski definition) is 2. The first-order valence-electron chi connectivity index (χ1n) is 7.58. The number of aliphatic hydroxyl groups excluding tert-OH is 1. The van der Waals surface area contributed by atoms with Crippen molar-refractivity contribution >= 4 is 0 Å². The minimum Gasteiger partial charge on any atom is -0.368 e. The van der Waals surface area contributed by atoms with Crippen LogP contribution in [0.15, 0.2) is 12.2 Å². The number of rotatable bonds is 7. The zero-order valence-electron chi connectivity index (χ0n) is 12.5. The van der Waals surface area contributed by atoms with Crippen molar-refractivity contribution in [3.05, 3.63) is 12.2 Å². The molecule has 108 valence electrons. The lowest BCUT2D eigenvalue weighted by Gasteiger charge is -1.99. The summed E-state index contributed by atoms with van der Waals surface area (Å²) in [4.78, 5) is 0. The van der Waals surface area contributed by atoms with Gasteiger partial charge < -0.3 is 9.84 Å². The predicted octanol–water partition coefficient (Wildman–Crippen LogP) is 4.67. The Labute approximate surface area is 113 Å². The van der Waals surface area contributed by atoms with Crippen LogP contribution in [0.3, 0.4) is 0 Å². The molecule has 0 spiro atoms. The van der Waals surface area contributed by atoms with Gasteiger partial charge in [-0.15, -0.1) is 0 Å². The molecular formula is C16H32O2. The summed E-state index contributed by atoms with van der Waals surface area (Å²) in [6.45, 7) is 3.83. The van der Waals surface area contributed by atoms with Crippen LogP contribution in [0.25, 0.3) is 0 Å². The summed E-state index contributed by atoms with van der Waals surface area (Å²) in [6.07, 6.45) is 17.0. The van der Waals surface area contributed by atoms with Crippen molar-refractivity contribution in [2.75, 3.05) is 7.11 Å². The molecule has 1 atom stereocenters. The summed E-state index contributed by atoms with van der Waals surface area (Å²) >= 11 is 0. The van der Waals surface area contributed by atoms with E-state index < -0.39 is 6.29 Å². The summed E-state index contributed by atoms with van der Waals surface area (Å²) in [5.74, 6) is 0.936. The third-order valence-electron chi connectivity index (χ3n) is 3.37. The molecule has 0 amide bonds. The van der Waals surface area contributed by atoms with E-state index in [9.17, 15) is 0 Å². The third-order valence-corrected chi connectivity index (χ3v) is 3.37. The quantitative estimate of drug-likeness (QED) is 0.407. The number of methoxy groups -OCH3 is 1. The second kappa shape index (κ2) is 13.1. The van der Waals surface area contributed by atoms with Crippen molar-refractivity contribution in [2.24, 2.45) is 5.92 Å². The van der Waals surface area contributed by atoms with E-state index in [2.05, 4.69) is 23.8 Å². The molecule has 0 aliphatic heterocycles. The highest BCUT2D eigenvalue weighted by molar-refractivity contribution is 4.90. The van der Waals surface area contributed by atoms with Gasteiger partial charge in [-0.1, -0.05) is 51.2 Å². The molecule has 18 heavy (non-hydrogen) atoms. The minimum atomic E-state index is -0.616. The van der Waals surface area contributed by atoms with E-state index in [4.69, 9.17) is 5.11 Å². The van der Waals surface area contributed by atoms with Crippen LogP contribution in [0, 0.1) is 5.92 Å². The molecule has 1 aliphatic rings. The average Bonchev–Trinajstić information content (AvgIpc) is 2.87. The van der Waals surface area contributed by atoms with Gasteiger partial charge >= 0.3 is 0 Å². The molecule has 1 saturated carbocycles. The first kappa shape index (κ1) is 17.7. The predicted molar refractivity (Wildman–Crippen MR) is 78.5 cm³/mol. The largest absolute Gasteiger partial charge is 0.368 e. The molecule has 0 radical (unpaired) electrons. The van der Waals surface area contributed by atoms with Crippen LogP contribution in [0.4, 0.5) is 0 Å². The summed E-state index contributed by atoms with van der Waals surface area (Å²) < 4.78 is 4.31. The normalized spacial score (nSPS) is 17.8. The van der Waals surface area contributed by atoms with E-state index in [1.54, 1.807) is 6.92 Å². The van der Waals surface area contributed by atoms with Gasteiger partial charge in [0.2, 0.25) is 0 Å². The molecule has 2 nitrogen and oxygen atoms in total. The lowest BCUT2D eigenvalue weighted by molar-refractivity contribution is -0.0583. The van der Waals surface area contributed by atoms with Crippen LogP contribution < -0.4 is 0 Å². The third kappa shape index (κ3) is 12.1. The number of allylic oxidation sites excluding steroid dienone is 2. The minimum absolute atomic E-state index is 0.616. The monoisotopic (exact) mass is 256 g/mol. The van der Waals surface area contributed by atoms with Crippen molar-refractivity contribution in [3.8, 4) is 0 Å². The smallest absolute Gasteiger partial charge is 0.151 e. The topological polar surface area (TPSA) is 29.5 Å². The maximum absolute atomic E-state index is 8.14. The second-order valence-electron chi connectivity index (χ2n) is 5.16. The Kier molecular flexibility index (Phi) is 12.9. The van der Waals surface area contributed by atoms with Crippen LogP contribution in [0.2, 0.25) is 0 Å². The Balaban J connectivity index is 0.000000494. The molecule has 0 aromatic rings. The first-order valence-corrected chi connectivity index (χ1v) is 7.58. The molecule has 1 N–H and O–H groups in total. The standard InChI is InChI=1S/C13H24.C3H8O2/c1-2-3-4-5-6-7-10-13-11-8-9-12-13;1-3(4)5-2/h7,10,13H,2-6,8-9,11-12H2,1H3;3-4H,1-2H3/b10-7+;. The van der Waals surface area contributed by atoms with Gasteiger partial charge in [-0.25, -0.2) is 0 Å². The SMILES string of the molecule is CCCCCC/C=C/C1CCCC1.COC(C)O. The summed E-state index contributed by atoms with van der Waals surface area (Å²) in [5, 5.41) is 8.14. The fourth-order valence-electron chi connectivity index (χ4n) is 2.13. The molecule has 1 fully saturated rings. The molecule has 1 unspecified atom stereocenters. The van der Waals surface area contributed by atoms with E-state index in [-0.39, 0.29) is 0 Å². The molecule has 2 heteroatoms. The lowest BCUT2D eigenvalue weighted by Crippen LogP contribution is -1.99. The van der Waals surface area contributed by atoms with Gasteiger partial charge in [0.1, 0.15) is 0 Å². The highest BCUT2D eigenvalue weighted by Crippen LogP contribution is 2.25. The van der Waals surface area contributed by atoms with Crippen LogP contribution in [-0.2, 0) is 4.74 Å². The van der Waals surface area contributed by atoms with E-state index in [0.29, 0.717) is 0 Å². The Bertz CT molecular complexity index is 182. The van der Waals surface area contributed by atoms with Crippen molar-refractivity contribution in [2.45, 2.75) is 77.9 Å². The maximum Gasteiger partial charge on any atom is 0.151 e. The van der Waals surface area contributed by atoms with Crippen molar-refractivity contribution < 1.29 is 9.84 Å². The molecule has 1 aliphatic carbocycles. The number of unbranched alkanes of at least 4 members (excludes halogenated alkanes) is 4.